The Morgan fingerprint density at radius 2 is 1.81 bits per heavy atom. The van der Waals surface area contributed by atoms with Crippen LogP contribution in [0.4, 0.5) is 15.0 Å². The van der Waals surface area contributed by atoms with Gasteiger partial charge in [-0.05, 0) is 64.2 Å². The number of nitrogens with one attached hydrogen (secondary N) is 1. The van der Waals surface area contributed by atoms with Crippen molar-refractivity contribution in [2.24, 2.45) is 11.8 Å². The highest BCUT2D eigenvalue weighted by atomic mass is 19.1. The van der Waals surface area contributed by atoms with Gasteiger partial charge in [0.1, 0.15) is 17.2 Å². The molecule has 1 N–H and O–H groups in total. The number of carbonyl (C=O) groups is 1. The monoisotopic (exact) mass is 509 g/mol. The van der Waals surface area contributed by atoms with E-state index in [9.17, 15) is 9.18 Å². The SMILES string of the molecule is CC.Cc1c(F)cc(N2CC(C)C[C@H](C)C2)nc1-c1ccc2cnc(CNC(=O)OC(C)(C)C)cc2n1. The molecular weight excluding hydrogens is 469 g/mol. The van der Waals surface area contributed by atoms with E-state index in [0.29, 0.717) is 45.8 Å². The van der Waals surface area contributed by atoms with Gasteiger partial charge in [-0.1, -0.05) is 27.7 Å². The van der Waals surface area contributed by atoms with Gasteiger partial charge < -0.3 is 15.0 Å². The van der Waals surface area contributed by atoms with Crippen molar-refractivity contribution in [1.82, 2.24) is 20.3 Å². The predicted octanol–water partition coefficient (Wildman–Crippen LogP) is 6.67. The van der Waals surface area contributed by atoms with E-state index < -0.39 is 11.7 Å². The van der Waals surface area contributed by atoms with Gasteiger partial charge in [0.15, 0.2) is 0 Å². The zero-order valence-electron chi connectivity index (χ0n) is 23.4. The molecule has 7 nitrogen and oxygen atoms in total. The van der Waals surface area contributed by atoms with E-state index in [1.54, 1.807) is 13.1 Å². The van der Waals surface area contributed by atoms with Crippen LogP contribution < -0.4 is 10.2 Å². The van der Waals surface area contributed by atoms with Crippen molar-refractivity contribution in [3.05, 3.63) is 47.5 Å². The fourth-order valence-corrected chi connectivity index (χ4v) is 4.59. The lowest BCUT2D eigenvalue weighted by Gasteiger charge is -2.36. The topological polar surface area (TPSA) is 80.2 Å². The van der Waals surface area contributed by atoms with Gasteiger partial charge in [-0.3, -0.25) is 4.98 Å². The van der Waals surface area contributed by atoms with Crippen molar-refractivity contribution < 1.29 is 13.9 Å². The molecule has 1 amide bonds. The molecule has 0 saturated carbocycles. The first-order valence-corrected chi connectivity index (χ1v) is 13.1. The smallest absolute Gasteiger partial charge is 0.407 e. The largest absolute Gasteiger partial charge is 0.444 e. The molecule has 0 aromatic carbocycles. The van der Waals surface area contributed by atoms with E-state index in [1.807, 2.05) is 52.8 Å². The number of aromatic nitrogens is 3. The fourth-order valence-electron chi connectivity index (χ4n) is 4.59. The average molecular weight is 510 g/mol. The van der Waals surface area contributed by atoms with E-state index in [1.165, 1.54) is 12.5 Å². The minimum Gasteiger partial charge on any atom is -0.444 e. The number of alkyl carbamates (subject to hydrolysis) is 1. The molecule has 1 unspecified atom stereocenters. The number of halogens is 1. The second-order valence-electron chi connectivity index (χ2n) is 10.7. The Morgan fingerprint density at radius 3 is 2.46 bits per heavy atom. The van der Waals surface area contributed by atoms with Crippen LogP contribution in [0.2, 0.25) is 0 Å². The van der Waals surface area contributed by atoms with Gasteiger partial charge in [-0.25, -0.2) is 19.2 Å². The summed E-state index contributed by atoms with van der Waals surface area (Å²) in [6.45, 7) is 17.6. The lowest BCUT2D eigenvalue weighted by molar-refractivity contribution is 0.0523. The van der Waals surface area contributed by atoms with Gasteiger partial charge >= 0.3 is 6.09 Å². The summed E-state index contributed by atoms with van der Waals surface area (Å²) in [4.78, 5) is 28.2. The van der Waals surface area contributed by atoms with Gasteiger partial charge in [0.2, 0.25) is 0 Å². The van der Waals surface area contributed by atoms with E-state index in [-0.39, 0.29) is 12.4 Å². The van der Waals surface area contributed by atoms with E-state index in [4.69, 9.17) is 14.7 Å². The molecule has 37 heavy (non-hydrogen) atoms. The molecule has 1 saturated heterocycles. The van der Waals surface area contributed by atoms with Crippen LogP contribution >= 0.6 is 0 Å². The third-order valence-electron chi connectivity index (χ3n) is 6.07. The third kappa shape index (κ3) is 7.37. The number of nitrogens with zero attached hydrogens (tertiary/aromatic N) is 4. The quantitative estimate of drug-likeness (QED) is 0.423. The van der Waals surface area contributed by atoms with Gasteiger partial charge in [-0.2, -0.15) is 0 Å². The highest BCUT2D eigenvalue weighted by Crippen LogP contribution is 2.30. The van der Waals surface area contributed by atoms with Crippen LogP contribution in [0.5, 0.6) is 0 Å². The van der Waals surface area contributed by atoms with Crippen molar-refractivity contribution in [1.29, 1.82) is 0 Å². The molecule has 0 spiro atoms. The van der Waals surface area contributed by atoms with Crippen LogP contribution in [0.3, 0.4) is 0 Å². The number of fused-ring (bicyclic) bond motifs is 1. The number of anilines is 1. The molecule has 0 aliphatic carbocycles. The summed E-state index contributed by atoms with van der Waals surface area (Å²) in [5.74, 6) is 1.44. The second kappa shape index (κ2) is 11.8. The number of amides is 1. The van der Waals surface area contributed by atoms with Crippen LogP contribution in [0.1, 0.15) is 66.1 Å². The van der Waals surface area contributed by atoms with Crippen molar-refractivity contribution in [2.45, 2.75) is 74.0 Å². The number of hydrogen-bond donors (Lipinski definition) is 1. The molecule has 4 heterocycles. The maximum absolute atomic E-state index is 15.0. The molecule has 1 aliphatic heterocycles. The molecule has 1 fully saturated rings. The standard InChI is InChI=1S/C27H34FN5O2.C2H6/c1-16-9-17(2)15-33(14-16)24-11-21(28)18(3)25(32-24)22-8-7-19-12-29-20(10-23(19)31-22)13-30-26(34)35-27(4,5)6;1-2/h7-8,10-12,16-17H,9,13-15H2,1-6H3,(H,30,34);1-2H3/t16-,17?;/m0./s1. The normalized spacial score (nSPS) is 17.7. The predicted molar refractivity (Wildman–Crippen MR) is 147 cm³/mol. The summed E-state index contributed by atoms with van der Waals surface area (Å²) < 4.78 is 20.3. The zero-order valence-corrected chi connectivity index (χ0v) is 23.4. The first-order valence-electron chi connectivity index (χ1n) is 13.1. The van der Waals surface area contributed by atoms with E-state index >= 15 is 0 Å². The average Bonchev–Trinajstić information content (AvgIpc) is 2.83. The molecular formula is C29H40FN5O2. The van der Waals surface area contributed by atoms with E-state index in [0.717, 1.165) is 18.5 Å². The molecule has 2 atom stereocenters. The number of hydrogen-bond acceptors (Lipinski definition) is 6. The Kier molecular flexibility index (Phi) is 9.05. The van der Waals surface area contributed by atoms with Gasteiger partial charge in [0, 0.05) is 36.3 Å². The minimum absolute atomic E-state index is 0.212. The van der Waals surface area contributed by atoms with Crippen LogP contribution in [0, 0.1) is 24.6 Å². The highest BCUT2D eigenvalue weighted by Gasteiger charge is 2.24. The maximum Gasteiger partial charge on any atom is 0.407 e. The van der Waals surface area contributed by atoms with E-state index in [2.05, 4.69) is 29.0 Å². The van der Waals surface area contributed by atoms with Gasteiger partial charge in [0.05, 0.1) is 29.1 Å². The van der Waals surface area contributed by atoms with Crippen molar-refractivity contribution in [3.63, 3.8) is 0 Å². The van der Waals surface area contributed by atoms with Crippen LogP contribution in [0.15, 0.2) is 30.5 Å². The zero-order chi connectivity index (χ0) is 27.3. The Bertz CT molecular complexity index is 1230. The maximum atomic E-state index is 15.0. The molecule has 3 aromatic rings. The Morgan fingerprint density at radius 1 is 1.14 bits per heavy atom. The summed E-state index contributed by atoms with van der Waals surface area (Å²) in [6, 6.07) is 7.11. The molecule has 200 valence electrons. The Balaban J connectivity index is 0.00000186. The van der Waals surface area contributed by atoms with Crippen molar-refractivity contribution in [3.8, 4) is 11.4 Å². The fraction of sp³-hybridized carbons (Fsp3) is 0.517. The van der Waals surface area contributed by atoms with Gasteiger partial charge in [-0.15, -0.1) is 0 Å². The summed E-state index contributed by atoms with van der Waals surface area (Å²) >= 11 is 0. The third-order valence-corrected chi connectivity index (χ3v) is 6.07. The van der Waals surface area contributed by atoms with Crippen LogP contribution in [-0.2, 0) is 11.3 Å². The molecule has 4 rings (SSSR count). The van der Waals surface area contributed by atoms with Gasteiger partial charge in [0.25, 0.3) is 0 Å². The highest BCUT2D eigenvalue weighted by molar-refractivity contribution is 5.81. The lowest BCUT2D eigenvalue weighted by Crippen LogP contribution is -2.39. The first kappa shape index (κ1) is 28.3. The minimum atomic E-state index is -0.573. The number of ether oxygens (including phenoxy) is 1. The molecule has 1 aliphatic rings. The number of pyridine rings is 3. The Labute approximate surface area is 219 Å². The number of carbonyl (C=O) groups excluding carboxylic acids is 1. The molecule has 0 radical (unpaired) electrons. The summed E-state index contributed by atoms with van der Waals surface area (Å²) in [6.07, 6.45) is 2.38. The summed E-state index contributed by atoms with van der Waals surface area (Å²) in [5, 5.41) is 3.56. The first-order chi connectivity index (χ1) is 17.5. The molecule has 0 bridgehead atoms. The summed E-state index contributed by atoms with van der Waals surface area (Å²) in [5.41, 5.74) is 2.39. The van der Waals surface area contributed by atoms with Crippen molar-refractivity contribution >= 4 is 22.8 Å². The number of piperidine rings is 1. The van der Waals surface area contributed by atoms with Crippen molar-refractivity contribution in [2.75, 3.05) is 18.0 Å². The van der Waals surface area contributed by atoms with Crippen LogP contribution in [-0.4, -0.2) is 39.7 Å². The molecule has 3 aromatic heterocycles. The Hall–Kier alpha value is -3.29. The number of rotatable bonds is 4. The lowest BCUT2D eigenvalue weighted by atomic mass is 9.92. The molecule has 8 heteroatoms. The second-order valence-corrected chi connectivity index (χ2v) is 10.7. The van der Waals surface area contributed by atoms with Crippen LogP contribution in [0.25, 0.3) is 22.3 Å². The summed E-state index contributed by atoms with van der Waals surface area (Å²) in [7, 11) is 0.